The van der Waals surface area contributed by atoms with E-state index >= 15 is 0 Å². The number of aromatic amines is 1. The molecular weight excluding hydrogens is 385 g/mol. The van der Waals surface area contributed by atoms with Crippen LogP contribution in [0, 0.1) is 10.5 Å². The molecule has 0 spiro atoms. The molecule has 21 heavy (non-hydrogen) atoms. The highest BCUT2D eigenvalue weighted by atomic mass is 127. The van der Waals surface area contributed by atoms with Gasteiger partial charge >= 0.3 is 5.97 Å². The van der Waals surface area contributed by atoms with E-state index in [0.29, 0.717) is 11.3 Å². The van der Waals surface area contributed by atoms with Crippen molar-refractivity contribution in [2.75, 3.05) is 0 Å². The number of aryl methyl sites for hydroxylation is 1. The van der Waals surface area contributed by atoms with Crippen molar-refractivity contribution in [3.63, 3.8) is 0 Å². The van der Waals surface area contributed by atoms with Crippen LogP contribution < -0.4 is 5.32 Å². The molecule has 6 nitrogen and oxygen atoms in total. The van der Waals surface area contributed by atoms with Gasteiger partial charge < -0.3 is 15.4 Å². The number of amides is 1. The number of benzene rings is 1. The van der Waals surface area contributed by atoms with Crippen LogP contribution in [0.5, 0.6) is 0 Å². The molecule has 1 amide bonds. The molecule has 110 valence electrons. The number of carboxylic acid groups (broad SMARTS) is 1. The number of carbonyl (C=O) groups is 2. The fourth-order valence-electron chi connectivity index (χ4n) is 1.88. The first-order chi connectivity index (χ1) is 9.99. The Hall–Kier alpha value is -1.90. The fourth-order valence-corrected chi connectivity index (χ4v) is 2.48. The van der Waals surface area contributed by atoms with E-state index in [1.165, 1.54) is 6.33 Å². The van der Waals surface area contributed by atoms with E-state index in [1.54, 1.807) is 18.3 Å². The van der Waals surface area contributed by atoms with Crippen LogP contribution in [0.4, 0.5) is 0 Å². The Labute approximate surface area is 135 Å². The Morgan fingerprint density at radius 1 is 1.48 bits per heavy atom. The van der Waals surface area contributed by atoms with E-state index in [1.807, 2.05) is 13.0 Å². The number of nitrogens with zero attached hydrogens (tertiary/aromatic N) is 1. The second-order valence-electron chi connectivity index (χ2n) is 4.58. The van der Waals surface area contributed by atoms with Crippen molar-refractivity contribution in [2.24, 2.45) is 0 Å². The molecule has 1 aromatic carbocycles. The number of carbonyl (C=O) groups excluding carboxylic acids is 1. The highest BCUT2D eigenvalue weighted by Gasteiger charge is 2.22. The molecule has 0 radical (unpaired) electrons. The number of aromatic nitrogens is 2. The summed E-state index contributed by atoms with van der Waals surface area (Å²) in [5, 5.41) is 11.8. The number of aliphatic carboxylic acids is 1. The summed E-state index contributed by atoms with van der Waals surface area (Å²) in [5.41, 5.74) is 2.11. The summed E-state index contributed by atoms with van der Waals surface area (Å²) in [6.07, 6.45) is 3.17. The second-order valence-corrected chi connectivity index (χ2v) is 5.66. The highest BCUT2D eigenvalue weighted by Crippen LogP contribution is 2.16. The Bertz CT molecular complexity index is 655. The Morgan fingerprint density at radius 2 is 2.24 bits per heavy atom. The predicted molar refractivity (Wildman–Crippen MR) is 85.1 cm³/mol. The van der Waals surface area contributed by atoms with Crippen molar-refractivity contribution >= 4 is 34.5 Å². The topological polar surface area (TPSA) is 95.1 Å². The summed E-state index contributed by atoms with van der Waals surface area (Å²) in [6, 6.07) is 4.35. The van der Waals surface area contributed by atoms with E-state index < -0.39 is 17.9 Å². The van der Waals surface area contributed by atoms with Crippen molar-refractivity contribution in [1.29, 1.82) is 0 Å². The third-order valence-electron chi connectivity index (χ3n) is 3.02. The zero-order valence-corrected chi connectivity index (χ0v) is 13.4. The molecular formula is C14H14IN3O3. The van der Waals surface area contributed by atoms with Crippen molar-refractivity contribution in [1.82, 2.24) is 15.3 Å². The molecule has 0 unspecified atom stereocenters. The van der Waals surface area contributed by atoms with Crippen LogP contribution in [0.3, 0.4) is 0 Å². The number of H-pyrrole nitrogens is 1. The maximum absolute atomic E-state index is 12.3. The molecule has 7 heteroatoms. The van der Waals surface area contributed by atoms with E-state index in [2.05, 4.69) is 37.9 Å². The van der Waals surface area contributed by atoms with Gasteiger partial charge in [-0.1, -0.05) is 12.1 Å². The average molecular weight is 399 g/mol. The van der Waals surface area contributed by atoms with Crippen LogP contribution in [0.25, 0.3) is 0 Å². The monoisotopic (exact) mass is 399 g/mol. The van der Waals surface area contributed by atoms with Crippen LogP contribution in [0.1, 0.15) is 21.6 Å². The maximum atomic E-state index is 12.3. The van der Waals surface area contributed by atoms with Gasteiger partial charge in [0.15, 0.2) is 0 Å². The van der Waals surface area contributed by atoms with Crippen molar-refractivity contribution in [3.8, 4) is 0 Å². The number of imidazole rings is 1. The van der Waals surface area contributed by atoms with Gasteiger partial charge in [-0.15, -0.1) is 0 Å². The lowest BCUT2D eigenvalue weighted by atomic mass is 10.1. The summed E-state index contributed by atoms with van der Waals surface area (Å²) in [7, 11) is 0. The number of nitrogens with one attached hydrogen (secondary N) is 2. The average Bonchev–Trinajstić information content (AvgIpc) is 2.93. The van der Waals surface area contributed by atoms with Gasteiger partial charge in [0.2, 0.25) is 0 Å². The van der Waals surface area contributed by atoms with Gasteiger partial charge in [-0.25, -0.2) is 9.78 Å². The van der Waals surface area contributed by atoms with Gasteiger partial charge in [0.1, 0.15) is 6.04 Å². The minimum absolute atomic E-state index is 0.156. The number of hydrogen-bond donors (Lipinski definition) is 3. The van der Waals surface area contributed by atoms with Gasteiger partial charge in [0, 0.05) is 21.9 Å². The molecule has 0 bridgehead atoms. The van der Waals surface area contributed by atoms with Gasteiger partial charge in [0.05, 0.1) is 11.9 Å². The molecule has 0 saturated carbocycles. The molecule has 1 aromatic heterocycles. The van der Waals surface area contributed by atoms with Gasteiger partial charge in [0.25, 0.3) is 5.91 Å². The smallest absolute Gasteiger partial charge is 0.326 e. The molecule has 0 aliphatic carbocycles. The minimum Gasteiger partial charge on any atom is -0.480 e. The van der Waals surface area contributed by atoms with Gasteiger partial charge in [-0.3, -0.25) is 4.79 Å². The van der Waals surface area contributed by atoms with Crippen LogP contribution in [-0.4, -0.2) is 33.0 Å². The lowest BCUT2D eigenvalue weighted by Gasteiger charge is -2.15. The van der Waals surface area contributed by atoms with Gasteiger partial charge in [-0.2, -0.15) is 0 Å². The zero-order chi connectivity index (χ0) is 15.4. The van der Waals surface area contributed by atoms with Crippen molar-refractivity contribution in [2.45, 2.75) is 19.4 Å². The first kappa shape index (κ1) is 15.5. The molecule has 3 N–H and O–H groups in total. The first-order valence-corrected chi connectivity index (χ1v) is 7.33. The SMILES string of the molecule is Cc1cccc(C(=O)N[C@H](Cc2cnc[nH]2)C(=O)O)c1I. The number of hydrogen-bond acceptors (Lipinski definition) is 3. The van der Waals surface area contributed by atoms with Crippen LogP contribution in [0.2, 0.25) is 0 Å². The first-order valence-electron chi connectivity index (χ1n) is 6.25. The molecule has 1 atom stereocenters. The lowest BCUT2D eigenvalue weighted by Crippen LogP contribution is -2.42. The van der Waals surface area contributed by atoms with Crippen molar-refractivity contribution < 1.29 is 14.7 Å². The quantitative estimate of drug-likeness (QED) is 0.668. The summed E-state index contributed by atoms with van der Waals surface area (Å²) in [5.74, 6) is -1.48. The van der Waals surface area contributed by atoms with E-state index in [4.69, 9.17) is 0 Å². The Kier molecular flexibility index (Phi) is 4.94. The Balaban J connectivity index is 2.15. The summed E-state index contributed by atoms with van der Waals surface area (Å²) < 4.78 is 0.818. The third-order valence-corrected chi connectivity index (χ3v) is 4.45. The van der Waals surface area contributed by atoms with Crippen molar-refractivity contribution in [3.05, 3.63) is 51.1 Å². The van der Waals surface area contributed by atoms with E-state index in [0.717, 1.165) is 9.13 Å². The van der Waals surface area contributed by atoms with Crippen LogP contribution in [-0.2, 0) is 11.2 Å². The molecule has 0 aliphatic rings. The number of rotatable bonds is 5. The third kappa shape index (κ3) is 3.81. The Morgan fingerprint density at radius 3 is 2.86 bits per heavy atom. The van der Waals surface area contributed by atoms with Crippen LogP contribution in [0.15, 0.2) is 30.7 Å². The number of carboxylic acids is 1. The van der Waals surface area contributed by atoms with Crippen LogP contribution >= 0.6 is 22.6 Å². The minimum atomic E-state index is -1.08. The molecule has 0 fully saturated rings. The highest BCUT2D eigenvalue weighted by molar-refractivity contribution is 14.1. The number of halogens is 1. The van der Waals surface area contributed by atoms with E-state index in [-0.39, 0.29) is 6.42 Å². The fraction of sp³-hybridized carbons (Fsp3) is 0.214. The molecule has 1 heterocycles. The molecule has 0 saturated heterocycles. The van der Waals surface area contributed by atoms with Gasteiger partial charge in [-0.05, 0) is 41.1 Å². The lowest BCUT2D eigenvalue weighted by molar-refractivity contribution is -0.139. The second kappa shape index (κ2) is 6.70. The summed E-state index contributed by atoms with van der Waals surface area (Å²) >= 11 is 2.08. The summed E-state index contributed by atoms with van der Waals surface area (Å²) in [6.45, 7) is 1.90. The largest absolute Gasteiger partial charge is 0.480 e. The van der Waals surface area contributed by atoms with E-state index in [9.17, 15) is 14.7 Å². The molecule has 2 aromatic rings. The standard InChI is InChI=1S/C14H14IN3O3/c1-8-3-2-4-10(12(8)15)13(19)18-11(14(20)21)5-9-6-16-7-17-9/h2-4,6-7,11H,5H2,1H3,(H,16,17)(H,18,19)(H,20,21)/t11-/m1/s1. The molecule has 2 rings (SSSR count). The maximum Gasteiger partial charge on any atom is 0.326 e. The predicted octanol–water partition coefficient (Wildman–Crippen LogP) is 1.75. The summed E-state index contributed by atoms with van der Waals surface area (Å²) in [4.78, 5) is 30.2. The molecule has 0 aliphatic heterocycles. The zero-order valence-electron chi connectivity index (χ0n) is 11.3. The normalized spacial score (nSPS) is 11.9.